The molecule has 1 amide bonds. The van der Waals surface area contributed by atoms with E-state index in [9.17, 15) is 9.59 Å². The molecule has 2 N–H and O–H groups in total. The van der Waals surface area contributed by atoms with Crippen LogP contribution in [-0.2, 0) is 4.74 Å². The van der Waals surface area contributed by atoms with Gasteiger partial charge in [-0.1, -0.05) is 12.1 Å². The Kier molecular flexibility index (Phi) is 4.73. The first-order chi connectivity index (χ1) is 11.2. The van der Waals surface area contributed by atoms with Crippen LogP contribution < -0.4 is 5.32 Å². The number of aromatic amines is 1. The number of rotatable bonds is 6. The third-order valence-corrected chi connectivity index (χ3v) is 4.24. The van der Waals surface area contributed by atoms with Crippen molar-refractivity contribution in [1.29, 1.82) is 0 Å². The number of aromatic nitrogens is 1. The van der Waals surface area contributed by atoms with E-state index >= 15 is 0 Å². The van der Waals surface area contributed by atoms with Crippen molar-refractivity contribution < 1.29 is 14.3 Å². The summed E-state index contributed by atoms with van der Waals surface area (Å²) in [7, 11) is 0. The molecule has 0 radical (unpaired) electrons. The number of carbonyl (C=O) groups is 2. The quantitative estimate of drug-likeness (QED) is 0.539. The zero-order valence-electron chi connectivity index (χ0n) is 12.4. The van der Waals surface area contributed by atoms with E-state index in [2.05, 4.69) is 10.3 Å². The molecular weight excluding hydrogens is 312 g/mol. The Morgan fingerprint density at radius 3 is 2.96 bits per heavy atom. The molecule has 3 rings (SSSR count). The number of nitrogens with one attached hydrogen (secondary N) is 2. The van der Waals surface area contributed by atoms with Crippen LogP contribution in [0.4, 0.5) is 0 Å². The van der Waals surface area contributed by atoms with E-state index in [0.29, 0.717) is 23.4 Å². The summed E-state index contributed by atoms with van der Waals surface area (Å²) in [4.78, 5) is 27.4. The molecule has 118 valence electrons. The first-order valence-corrected chi connectivity index (χ1v) is 8.18. The first kappa shape index (κ1) is 15.3. The Bertz CT molecular complexity index is 808. The van der Waals surface area contributed by atoms with Gasteiger partial charge in [-0.2, -0.15) is 0 Å². The highest BCUT2D eigenvalue weighted by molar-refractivity contribution is 7.12. The average Bonchev–Trinajstić information content (AvgIpc) is 3.24. The molecular formula is C17H16N2O3S. The second-order valence-corrected chi connectivity index (χ2v) is 5.95. The van der Waals surface area contributed by atoms with Crippen molar-refractivity contribution >= 4 is 34.1 Å². The van der Waals surface area contributed by atoms with E-state index in [1.54, 1.807) is 18.2 Å². The normalized spacial score (nSPS) is 10.6. The van der Waals surface area contributed by atoms with Crippen LogP contribution in [0.15, 0.2) is 48.0 Å². The van der Waals surface area contributed by atoms with E-state index in [-0.39, 0.29) is 18.5 Å². The van der Waals surface area contributed by atoms with Gasteiger partial charge in [-0.05, 0) is 41.5 Å². The molecule has 0 unspecified atom stereocenters. The second kappa shape index (κ2) is 7.11. The Labute approximate surface area is 137 Å². The fraction of sp³-hybridized carbons (Fsp3) is 0.176. The predicted molar refractivity (Wildman–Crippen MR) is 89.9 cm³/mol. The summed E-state index contributed by atoms with van der Waals surface area (Å²) in [5, 5.41) is 5.71. The van der Waals surface area contributed by atoms with Gasteiger partial charge in [0.1, 0.15) is 0 Å². The van der Waals surface area contributed by atoms with Crippen LogP contribution in [0.25, 0.3) is 10.9 Å². The minimum atomic E-state index is -0.355. The van der Waals surface area contributed by atoms with E-state index < -0.39 is 0 Å². The fourth-order valence-electron chi connectivity index (χ4n) is 2.19. The number of amides is 1. The summed E-state index contributed by atoms with van der Waals surface area (Å²) in [5.74, 6) is -0.449. The smallest absolute Gasteiger partial charge is 0.338 e. The van der Waals surface area contributed by atoms with Crippen molar-refractivity contribution in [2.24, 2.45) is 0 Å². The van der Waals surface area contributed by atoms with Gasteiger partial charge in [0.25, 0.3) is 5.91 Å². The molecule has 0 aliphatic rings. The Balaban J connectivity index is 1.41. The monoisotopic (exact) mass is 328 g/mol. The number of hydrogen-bond donors (Lipinski definition) is 2. The lowest BCUT2D eigenvalue weighted by molar-refractivity contribution is 0.0501. The summed E-state index contributed by atoms with van der Waals surface area (Å²) < 4.78 is 5.22. The Morgan fingerprint density at radius 2 is 2.13 bits per heavy atom. The molecule has 23 heavy (non-hydrogen) atoms. The lowest BCUT2D eigenvalue weighted by Crippen LogP contribution is -2.24. The molecule has 2 aromatic heterocycles. The lowest BCUT2D eigenvalue weighted by atomic mass is 10.2. The van der Waals surface area contributed by atoms with E-state index in [1.165, 1.54) is 11.3 Å². The molecule has 5 nitrogen and oxygen atoms in total. The predicted octanol–water partition coefficient (Wildman–Crippen LogP) is 3.21. The molecule has 0 fully saturated rings. The number of carbonyl (C=O) groups excluding carboxylic acids is 2. The van der Waals surface area contributed by atoms with Crippen molar-refractivity contribution in [3.05, 3.63) is 58.4 Å². The number of ether oxygens (including phenoxy) is 1. The number of fused-ring (bicyclic) bond motifs is 1. The molecule has 2 heterocycles. The summed E-state index contributed by atoms with van der Waals surface area (Å²) in [6.45, 7) is 0.742. The van der Waals surface area contributed by atoms with Crippen molar-refractivity contribution in [3.63, 3.8) is 0 Å². The van der Waals surface area contributed by atoms with Crippen LogP contribution in [0.3, 0.4) is 0 Å². The van der Waals surface area contributed by atoms with Gasteiger partial charge in [0, 0.05) is 18.3 Å². The van der Waals surface area contributed by atoms with Gasteiger partial charge in [0.2, 0.25) is 0 Å². The summed E-state index contributed by atoms with van der Waals surface area (Å²) in [5.41, 5.74) is 1.42. The zero-order chi connectivity index (χ0) is 16.1. The third-order valence-electron chi connectivity index (χ3n) is 3.38. The maximum Gasteiger partial charge on any atom is 0.338 e. The molecule has 0 saturated heterocycles. The molecule has 3 aromatic rings. The van der Waals surface area contributed by atoms with Crippen LogP contribution in [0, 0.1) is 0 Å². The summed E-state index contributed by atoms with van der Waals surface area (Å²) >= 11 is 1.40. The van der Waals surface area contributed by atoms with Crippen molar-refractivity contribution in [3.8, 4) is 0 Å². The third kappa shape index (κ3) is 3.78. The van der Waals surface area contributed by atoms with Gasteiger partial charge in [-0.25, -0.2) is 4.79 Å². The lowest BCUT2D eigenvalue weighted by Gasteiger charge is -2.06. The van der Waals surface area contributed by atoms with Gasteiger partial charge in [0.15, 0.2) is 0 Å². The van der Waals surface area contributed by atoms with Gasteiger partial charge in [-0.3, -0.25) is 4.79 Å². The molecule has 0 bridgehead atoms. The van der Waals surface area contributed by atoms with Crippen LogP contribution in [-0.4, -0.2) is 30.0 Å². The second-order valence-electron chi connectivity index (χ2n) is 5.00. The zero-order valence-corrected chi connectivity index (χ0v) is 13.2. The highest BCUT2D eigenvalue weighted by Crippen LogP contribution is 2.15. The largest absolute Gasteiger partial charge is 0.462 e. The van der Waals surface area contributed by atoms with Crippen molar-refractivity contribution in [2.45, 2.75) is 6.42 Å². The summed E-state index contributed by atoms with van der Waals surface area (Å²) in [6, 6.07) is 11.0. The first-order valence-electron chi connectivity index (χ1n) is 7.30. The fourth-order valence-corrected chi connectivity index (χ4v) is 2.83. The van der Waals surface area contributed by atoms with E-state index in [4.69, 9.17) is 4.74 Å². The van der Waals surface area contributed by atoms with Gasteiger partial charge in [-0.15, -0.1) is 11.3 Å². The number of thiophene rings is 1. The number of H-pyrrole nitrogens is 1. The molecule has 0 aliphatic carbocycles. The van der Waals surface area contributed by atoms with E-state index in [1.807, 2.05) is 29.8 Å². The van der Waals surface area contributed by atoms with Gasteiger partial charge < -0.3 is 15.0 Å². The maximum atomic E-state index is 12.0. The Hall–Kier alpha value is -2.60. The number of benzene rings is 1. The van der Waals surface area contributed by atoms with Crippen LogP contribution >= 0.6 is 11.3 Å². The molecule has 0 atom stereocenters. The molecule has 6 heteroatoms. The molecule has 1 aromatic carbocycles. The topological polar surface area (TPSA) is 71.2 Å². The summed E-state index contributed by atoms with van der Waals surface area (Å²) in [6.07, 6.45) is 2.41. The van der Waals surface area contributed by atoms with Crippen LogP contribution in [0.2, 0.25) is 0 Å². The van der Waals surface area contributed by atoms with Gasteiger partial charge >= 0.3 is 5.97 Å². The van der Waals surface area contributed by atoms with Gasteiger partial charge in [0.05, 0.1) is 17.0 Å². The van der Waals surface area contributed by atoms with Crippen LogP contribution in [0.5, 0.6) is 0 Å². The maximum absolute atomic E-state index is 12.0. The molecule has 0 saturated carbocycles. The SMILES string of the molecule is O=C(OCCCNC(=O)c1cccs1)c1ccc2cc[nH]c2c1. The molecule has 0 aliphatic heterocycles. The van der Waals surface area contributed by atoms with E-state index in [0.717, 1.165) is 10.9 Å². The minimum absolute atomic E-state index is 0.0940. The minimum Gasteiger partial charge on any atom is -0.462 e. The standard InChI is InChI=1S/C17H16N2O3S/c20-16(15-3-1-10-23-15)19-7-2-9-22-17(21)13-5-4-12-6-8-18-14(12)11-13/h1,3-6,8,10-11,18H,2,7,9H2,(H,19,20). The molecule has 0 spiro atoms. The van der Waals surface area contributed by atoms with Crippen molar-refractivity contribution in [2.75, 3.05) is 13.2 Å². The Morgan fingerprint density at radius 1 is 1.22 bits per heavy atom. The highest BCUT2D eigenvalue weighted by Gasteiger charge is 2.09. The average molecular weight is 328 g/mol. The van der Waals surface area contributed by atoms with Crippen LogP contribution in [0.1, 0.15) is 26.5 Å². The highest BCUT2D eigenvalue weighted by atomic mass is 32.1. The number of hydrogen-bond acceptors (Lipinski definition) is 4. The van der Waals surface area contributed by atoms with Crippen molar-refractivity contribution in [1.82, 2.24) is 10.3 Å². The number of esters is 1.